The zero-order valence-electron chi connectivity index (χ0n) is 9.98. The van der Waals surface area contributed by atoms with Gasteiger partial charge in [0.15, 0.2) is 13.0 Å². The Bertz CT molecular complexity index is 274. The van der Waals surface area contributed by atoms with E-state index >= 15 is 0 Å². The van der Waals surface area contributed by atoms with Crippen LogP contribution in [0.3, 0.4) is 0 Å². The summed E-state index contributed by atoms with van der Waals surface area (Å²) in [4.78, 5) is 21.6. The van der Waals surface area contributed by atoms with E-state index < -0.39 is 12.1 Å². The number of unbranched alkanes of at least 4 members (excludes halogenated alkanes) is 2. The number of amides is 1. The highest BCUT2D eigenvalue weighted by atomic mass is 16.5. The summed E-state index contributed by atoms with van der Waals surface area (Å²) in [6, 6.07) is 0. The van der Waals surface area contributed by atoms with Crippen molar-refractivity contribution in [3.63, 3.8) is 0 Å². The maximum atomic E-state index is 11.0. The molecule has 0 rings (SSSR count). The van der Waals surface area contributed by atoms with Crippen LogP contribution >= 0.6 is 0 Å². The molecule has 0 aromatic carbocycles. The van der Waals surface area contributed by atoms with E-state index in [4.69, 9.17) is 4.74 Å². The summed E-state index contributed by atoms with van der Waals surface area (Å²) < 4.78 is 9.42. The molecule has 0 aromatic rings. The lowest BCUT2D eigenvalue weighted by molar-refractivity contribution is -0.366. The standard InChI is InChI=1S/C12H17NO4/c1-3-5-8-13-12(15)17-10-7-6-9-16-11(14)4-2/h4-5,7,9H,2-3,6,8,10H2,1H3/q+2/p+1. The lowest BCUT2D eigenvalue weighted by Gasteiger charge is -1.97. The molecule has 17 heavy (non-hydrogen) atoms. The van der Waals surface area contributed by atoms with Crippen LogP contribution in [0.2, 0.25) is 0 Å². The van der Waals surface area contributed by atoms with Crippen LogP contribution in [0.15, 0.2) is 12.7 Å². The second-order valence-corrected chi connectivity index (χ2v) is 3.01. The van der Waals surface area contributed by atoms with Gasteiger partial charge in [0, 0.05) is 0 Å². The maximum Gasteiger partial charge on any atom is 0.604 e. The lowest BCUT2D eigenvalue weighted by atomic mass is 10.3. The molecule has 0 spiro atoms. The Morgan fingerprint density at radius 3 is 2.88 bits per heavy atom. The first-order chi connectivity index (χ1) is 8.20. The number of nitrogens with one attached hydrogen (secondary N) is 1. The Balaban J connectivity index is 3.38. The van der Waals surface area contributed by atoms with Crippen molar-refractivity contribution < 1.29 is 18.8 Å². The van der Waals surface area contributed by atoms with Crippen molar-refractivity contribution in [2.75, 3.05) is 13.2 Å². The van der Waals surface area contributed by atoms with Gasteiger partial charge in [-0.05, 0) is 6.92 Å². The minimum absolute atomic E-state index is 0.167. The molecular weight excluding hydrogens is 222 g/mol. The highest BCUT2D eigenvalue weighted by molar-refractivity contribution is 5.80. The van der Waals surface area contributed by atoms with E-state index in [0.717, 1.165) is 12.5 Å². The zero-order valence-corrected chi connectivity index (χ0v) is 9.98. The maximum absolute atomic E-state index is 11.0. The van der Waals surface area contributed by atoms with E-state index in [0.29, 0.717) is 13.0 Å². The summed E-state index contributed by atoms with van der Waals surface area (Å²) in [6.45, 7) is 5.90. The van der Waals surface area contributed by atoms with Crippen molar-refractivity contribution in [2.24, 2.45) is 0 Å². The number of ether oxygens (including phenoxy) is 1. The monoisotopic (exact) mass is 240 g/mol. The molecule has 0 aliphatic heterocycles. The van der Waals surface area contributed by atoms with E-state index in [1.165, 1.54) is 6.29 Å². The van der Waals surface area contributed by atoms with Crippen LogP contribution in [-0.4, -0.2) is 31.5 Å². The van der Waals surface area contributed by atoms with Crippen LogP contribution in [0.5, 0.6) is 0 Å². The van der Waals surface area contributed by atoms with Crippen LogP contribution in [0.4, 0.5) is 4.79 Å². The van der Waals surface area contributed by atoms with Gasteiger partial charge in [-0.25, -0.2) is 4.79 Å². The van der Waals surface area contributed by atoms with Gasteiger partial charge in [-0.15, -0.1) is 0 Å². The van der Waals surface area contributed by atoms with Crippen molar-refractivity contribution >= 4 is 18.3 Å². The number of carbonyl (C=O) groups is 2. The number of hydrogen-bond donors (Lipinski definition) is 1. The molecule has 0 aromatic heterocycles. The average Bonchev–Trinajstić information content (AvgIpc) is 2.33. The number of hydrogen-bond acceptors (Lipinski definition) is 3. The molecule has 0 bridgehead atoms. The Kier molecular flexibility index (Phi) is 9.41. The first-order valence-electron chi connectivity index (χ1n) is 5.39. The SMILES string of the molecule is C=CC(=O)[O+]=CC[CH+]COC(=O)NC[CH+]CC. The molecule has 0 aliphatic carbocycles. The summed E-state index contributed by atoms with van der Waals surface area (Å²) in [7, 11) is 0. The molecule has 92 valence electrons. The van der Waals surface area contributed by atoms with Crippen molar-refractivity contribution in [2.45, 2.75) is 19.8 Å². The van der Waals surface area contributed by atoms with Gasteiger partial charge in [0.25, 0.3) is 0 Å². The fourth-order valence-electron chi connectivity index (χ4n) is 0.800. The first-order valence-corrected chi connectivity index (χ1v) is 5.39. The van der Waals surface area contributed by atoms with Gasteiger partial charge >= 0.3 is 12.1 Å². The summed E-state index contributed by atoms with van der Waals surface area (Å²) in [5.41, 5.74) is 0. The second-order valence-electron chi connectivity index (χ2n) is 3.01. The third kappa shape index (κ3) is 10.4. The predicted molar refractivity (Wildman–Crippen MR) is 64.1 cm³/mol. The van der Waals surface area contributed by atoms with Gasteiger partial charge in [0.2, 0.25) is 12.9 Å². The van der Waals surface area contributed by atoms with Crippen molar-refractivity contribution in [1.82, 2.24) is 5.32 Å². The molecule has 0 fully saturated rings. The van der Waals surface area contributed by atoms with E-state index in [1.807, 2.05) is 13.3 Å². The van der Waals surface area contributed by atoms with Crippen LogP contribution in [0, 0.1) is 12.8 Å². The van der Waals surface area contributed by atoms with Crippen LogP contribution in [0.25, 0.3) is 0 Å². The van der Waals surface area contributed by atoms with Gasteiger partial charge < -0.3 is 4.74 Å². The number of rotatable bonds is 8. The summed E-state index contributed by atoms with van der Waals surface area (Å²) in [5.74, 6) is -0.507. The first kappa shape index (κ1) is 15.1. The summed E-state index contributed by atoms with van der Waals surface area (Å²) >= 11 is 0. The molecule has 0 saturated carbocycles. The average molecular weight is 240 g/mol. The normalized spacial score (nSPS) is 9.71. The molecule has 5 nitrogen and oxygen atoms in total. The van der Waals surface area contributed by atoms with Gasteiger partial charge in [-0.2, -0.15) is 0 Å². The molecular formula is C12H18NO4+3. The highest BCUT2D eigenvalue weighted by Crippen LogP contribution is 1.87. The van der Waals surface area contributed by atoms with Gasteiger partial charge in [0.05, 0.1) is 23.7 Å². The summed E-state index contributed by atoms with van der Waals surface area (Å²) in [5, 5.41) is 2.56. The lowest BCUT2D eigenvalue weighted by Crippen LogP contribution is -2.25. The molecule has 0 heterocycles. The van der Waals surface area contributed by atoms with Crippen molar-refractivity contribution in [3.8, 4) is 0 Å². The van der Waals surface area contributed by atoms with Crippen molar-refractivity contribution in [3.05, 3.63) is 25.5 Å². The zero-order chi connectivity index (χ0) is 12.9. The van der Waals surface area contributed by atoms with E-state index in [2.05, 4.69) is 16.3 Å². The fraction of sp³-hybridized carbons (Fsp3) is 0.417. The number of aldehydes is 1. The molecule has 1 N–H and O–H groups in total. The molecule has 0 saturated heterocycles. The van der Waals surface area contributed by atoms with Gasteiger partial charge in [-0.3, -0.25) is 9.74 Å². The largest absolute Gasteiger partial charge is 0.604 e. The Labute approximate surface area is 102 Å². The molecule has 0 unspecified atom stereocenters. The fourth-order valence-corrected chi connectivity index (χ4v) is 0.800. The summed E-state index contributed by atoms with van der Waals surface area (Å²) in [6.07, 6.45) is 6.83. The molecule has 5 heteroatoms. The van der Waals surface area contributed by atoms with Crippen LogP contribution in [-0.2, 0) is 14.0 Å². The quantitative estimate of drug-likeness (QED) is 0.229. The van der Waals surface area contributed by atoms with Crippen LogP contribution in [0.1, 0.15) is 19.8 Å². The number of alkyl carbamates (subject to hydrolysis) is 1. The minimum Gasteiger partial charge on any atom is -0.407 e. The smallest absolute Gasteiger partial charge is 0.407 e. The van der Waals surface area contributed by atoms with Gasteiger partial charge in [0.1, 0.15) is 6.42 Å². The predicted octanol–water partition coefficient (Wildman–Crippen LogP) is 1.37. The Morgan fingerprint density at radius 2 is 2.24 bits per heavy atom. The number of carbonyl (C=O) groups excluding carboxylic acids is 3. The van der Waals surface area contributed by atoms with E-state index in [9.17, 15) is 9.59 Å². The Hall–Kier alpha value is -1.91. The van der Waals surface area contributed by atoms with E-state index in [1.54, 1.807) is 6.42 Å². The third-order valence-corrected chi connectivity index (χ3v) is 1.64. The van der Waals surface area contributed by atoms with E-state index in [-0.39, 0.29) is 6.61 Å². The minimum atomic E-state index is -0.507. The molecule has 0 radical (unpaired) electrons. The van der Waals surface area contributed by atoms with Gasteiger partial charge in [-0.1, -0.05) is 6.58 Å². The molecule has 0 atom stereocenters. The topological polar surface area (TPSA) is 66.7 Å². The highest BCUT2D eigenvalue weighted by Gasteiger charge is 2.08. The third-order valence-electron chi connectivity index (χ3n) is 1.64. The Morgan fingerprint density at radius 1 is 1.47 bits per heavy atom. The van der Waals surface area contributed by atoms with Crippen LogP contribution < -0.4 is 5.32 Å². The second kappa shape index (κ2) is 10.6. The molecule has 0 aliphatic rings. The molecule has 1 amide bonds. The van der Waals surface area contributed by atoms with Crippen molar-refractivity contribution in [1.29, 1.82) is 0 Å².